The highest BCUT2D eigenvalue weighted by atomic mass is 16.5. The largest absolute Gasteiger partial charge is 0.375 e. The van der Waals surface area contributed by atoms with Crippen LogP contribution in [-0.4, -0.2) is 65.0 Å². The summed E-state index contributed by atoms with van der Waals surface area (Å²) < 4.78 is 4.82. The van der Waals surface area contributed by atoms with E-state index >= 15 is 0 Å². The number of carbonyl (C=O) groups is 2. The van der Waals surface area contributed by atoms with Gasteiger partial charge in [0.05, 0.1) is 6.20 Å². The molecule has 19 heavy (non-hydrogen) atoms. The molecule has 1 aliphatic rings. The number of aromatic amines is 1. The molecular weight excluding hydrogens is 250 g/mol. The molecule has 0 radical (unpaired) electrons. The molecule has 8 heteroatoms. The Balaban J connectivity index is 1.77. The second-order valence-corrected chi connectivity index (χ2v) is 4.42. The molecule has 2 heterocycles. The van der Waals surface area contributed by atoms with Gasteiger partial charge in [-0.05, 0) is 12.8 Å². The Labute approximate surface area is 110 Å². The smallest absolute Gasteiger partial charge is 0.273 e. The van der Waals surface area contributed by atoms with E-state index in [4.69, 9.17) is 4.74 Å². The number of ether oxygens (including phenoxy) is 1. The van der Waals surface area contributed by atoms with Gasteiger partial charge in [0, 0.05) is 26.2 Å². The van der Waals surface area contributed by atoms with E-state index < -0.39 is 0 Å². The van der Waals surface area contributed by atoms with E-state index in [1.165, 1.54) is 13.3 Å². The number of rotatable bonds is 4. The minimum atomic E-state index is -0.240. The number of hydrogen-bond donors (Lipinski definition) is 2. The summed E-state index contributed by atoms with van der Waals surface area (Å²) >= 11 is 0. The molecule has 8 nitrogen and oxygen atoms in total. The first-order chi connectivity index (χ1) is 9.20. The van der Waals surface area contributed by atoms with Crippen molar-refractivity contribution < 1.29 is 14.3 Å². The van der Waals surface area contributed by atoms with Gasteiger partial charge in [-0.15, -0.1) is 0 Å². The van der Waals surface area contributed by atoms with Crippen molar-refractivity contribution in [2.45, 2.75) is 18.9 Å². The first kappa shape index (κ1) is 13.5. The van der Waals surface area contributed by atoms with Gasteiger partial charge in [0.25, 0.3) is 5.91 Å². The Kier molecular flexibility index (Phi) is 4.45. The molecular formula is C11H17N5O3. The van der Waals surface area contributed by atoms with Crippen LogP contribution < -0.4 is 5.32 Å². The number of nitrogens with one attached hydrogen (secondary N) is 2. The zero-order chi connectivity index (χ0) is 13.7. The van der Waals surface area contributed by atoms with Crippen LogP contribution in [0, 0.1) is 0 Å². The quantitative estimate of drug-likeness (QED) is 0.741. The predicted octanol–water partition coefficient (Wildman–Crippen LogP) is -0.828. The van der Waals surface area contributed by atoms with Crippen LogP contribution in [0.15, 0.2) is 6.20 Å². The number of hydrogen-bond acceptors (Lipinski definition) is 5. The molecule has 0 aliphatic carbocycles. The fourth-order valence-electron chi connectivity index (χ4n) is 2.06. The minimum absolute atomic E-state index is 0.0104. The Morgan fingerprint density at radius 1 is 1.53 bits per heavy atom. The van der Waals surface area contributed by atoms with E-state index in [9.17, 15) is 9.59 Å². The molecule has 0 saturated carbocycles. The Hall–Kier alpha value is -1.96. The summed E-state index contributed by atoms with van der Waals surface area (Å²) in [5, 5.41) is 12.6. The summed E-state index contributed by atoms with van der Waals surface area (Å²) in [7, 11) is 1.50. The van der Waals surface area contributed by atoms with Gasteiger partial charge in [-0.3, -0.25) is 9.59 Å². The summed E-state index contributed by atoms with van der Waals surface area (Å²) in [5.41, 5.74) is 0.276. The molecule has 1 fully saturated rings. The molecule has 0 bridgehead atoms. The summed E-state index contributed by atoms with van der Waals surface area (Å²) in [4.78, 5) is 25.1. The number of amides is 2. The fraction of sp³-hybridized carbons (Fsp3) is 0.636. The number of piperidine rings is 1. The topological polar surface area (TPSA) is 100 Å². The summed E-state index contributed by atoms with van der Waals surface area (Å²) in [5.74, 6) is -0.251. The van der Waals surface area contributed by atoms with Crippen LogP contribution in [0.3, 0.4) is 0 Å². The van der Waals surface area contributed by atoms with Gasteiger partial charge in [-0.2, -0.15) is 15.4 Å². The van der Waals surface area contributed by atoms with Crippen LogP contribution >= 0.6 is 0 Å². The van der Waals surface area contributed by atoms with Gasteiger partial charge in [0.15, 0.2) is 5.69 Å². The average Bonchev–Trinajstić information content (AvgIpc) is 2.94. The Bertz CT molecular complexity index is 426. The normalized spacial score (nSPS) is 16.4. The molecule has 1 saturated heterocycles. The monoisotopic (exact) mass is 267 g/mol. The number of methoxy groups -OCH3 is 1. The molecule has 104 valence electrons. The lowest BCUT2D eigenvalue weighted by Crippen LogP contribution is -2.47. The van der Waals surface area contributed by atoms with E-state index in [0.717, 1.165) is 12.8 Å². The number of H-pyrrole nitrogens is 1. The molecule has 1 aromatic heterocycles. The third-order valence-electron chi connectivity index (χ3n) is 3.10. The van der Waals surface area contributed by atoms with Crippen molar-refractivity contribution in [3.8, 4) is 0 Å². The molecule has 2 N–H and O–H groups in total. The molecule has 1 aliphatic heterocycles. The van der Waals surface area contributed by atoms with Crippen LogP contribution in [-0.2, 0) is 9.53 Å². The van der Waals surface area contributed by atoms with Crippen LogP contribution in [0.4, 0.5) is 0 Å². The highest BCUT2D eigenvalue weighted by Crippen LogP contribution is 2.11. The van der Waals surface area contributed by atoms with Crippen molar-refractivity contribution in [2.75, 3.05) is 26.8 Å². The lowest BCUT2D eigenvalue weighted by Gasteiger charge is -2.32. The maximum absolute atomic E-state index is 11.8. The second kappa shape index (κ2) is 6.28. The molecule has 0 spiro atoms. The molecule has 0 atom stereocenters. The lowest BCUT2D eigenvalue weighted by atomic mass is 10.0. The molecule has 0 aromatic carbocycles. The van der Waals surface area contributed by atoms with E-state index in [0.29, 0.717) is 13.1 Å². The zero-order valence-electron chi connectivity index (χ0n) is 10.8. The summed E-state index contributed by atoms with van der Waals surface area (Å²) in [6.45, 7) is 1.37. The van der Waals surface area contributed by atoms with Crippen molar-refractivity contribution in [1.29, 1.82) is 0 Å². The first-order valence-corrected chi connectivity index (χ1v) is 6.14. The Morgan fingerprint density at radius 2 is 2.26 bits per heavy atom. The van der Waals surface area contributed by atoms with Crippen LogP contribution in [0.5, 0.6) is 0 Å². The highest BCUT2D eigenvalue weighted by molar-refractivity contribution is 5.92. The van der Waals surface area contributed by atoms with Crippen molar-refractivity contribution in [3.63, 3.8) is 0 Å². The van der Waals surface area contributed by atoms with E-state index in [1.807, 2.05) is 0 Å². The van der Waals surface area contributed by atoms with Crippen molar-refractivity contribution in [1.82, 2.24) is 25.6 Å². The molecule has 0 unspecified atom stereocenters. The standard InChI is InChI=1S/C11H17N5O3/c1-19-7-10(17)16-4-2-8(3-5-16)13-11(18)9-6-12-15-14-9/h6,8H,2-5,7H2,1H3,(H,13,18)(H,12,14,15). The number of carbonyl (C=O) groups excluding carboxylic acids is 2. The third-order valence-corrected chi connectivity index (χ3v) is 3.10. The van der Waals surface area contributed by atoms with Crippen molar-refractivity contribution >= 4 is 11.8 Å². The highest BCUT2D eigenvalue weighted by Gasteiger charge is 2.24. The van der Waals surface area contributed by atoms with E-state index in [-0.39, 0.29) is 30.2 Å². The maximum atomic E-state index is 11.8. The van der Waals surface area contributed by atoms with Gasteiger partial charge in [-0.25, -0.2) is 0 Å². The van der Waals surface area contributed by atoms with Crippen LogP contribution in [0.1, 0.15) is 23.3 Å². The first-order valence-electron chi connectivity index (χ1n) is 6.14. The summed E-state index contributed by atoms with van der Waals surface area (Å²) in [6, 6.07) is 0.0656. The van der Waals surface area contributed by atoms with E-state index in [1.54, 1.807) is 4.90 Å². The maximum Gasteiger partial charge on any atom is 0.273 e. The van der Waals surface area contributed by atoms with Gasteiger partial charge in [-0.1, -0.05) is 0 Å². The minimum Gasteiger partial charge on any atom is -0.375 e. The van der Waals surface area contributed by atoms with Gasteiger partial charge < -0.3 is 15.0 Å². The van der Waals surface area contributed by atoms with Gasteiger partial charge in [0.2, 0.25) is 5.91 Å². The average molecular weight is 267 g/mol. The number of likely N-dealkylation sites (tertiary alicyclic amines) is 1. The summed E-state index contributed by atoms with van der Waals surface area (Å²) in [6.07, 6.45) is 2.85. The Morgan fingerprint density at radius 3 is 2.84 bits per heavy atom. The molecule has 1 aromatic rings. The zero-order valence-corrected chi connectivity index (χ0v) is 10.8. The van der Waals surface area contributed by atoms with Gasteiger partial charge >= 0.3 is 0 Å². The number of nitrogens with zero attached hydrogens (tertiary/aromatic N) is 3. The second-order valence-electron chi connectivity index (χ2n) is 4.42. The molecule has 2 amide bonds. The number of aromatic nitrogens is 3. The van der Waals surface area contributed by atoms with Crippen molar-refractivity contribution in [3.05, 3.63) is 11.9 Å². The van der Waals surface area contributed by atoms with Gasteiger partial charge in [0.1, 0.15) is 6.61 Å². The SMILES string of the molecule is COCC(=O)N1CCC(NC(=O)c2cn[nH]n2)CC1. The van der Waals surface area contributed by atoms with E-state index in [2.05, 4.69) is 20.7 Å². The third kappa shape index (κ3) is 3.50. The van der Waals surface area contributed by atoms with Crippen LogP contribution in [0.2, 0.25) is 0 Å². The van der Waals surface area contributed by atoms with Crippen LogP contribution in [0.25, 0.3) is 0 Å². The fourth-order valence-corrected chi connectivity index (χ4v) is 2.06. The lowest BCUT2D eigenvalue weighted by molar-refractivity contribution is -0.136. The predicted molar refractivity (Wildman–Crippen MR) is 65.3 cm³/mol. The molecule has 2 rings (SSSR count). The van der Waals surface area contributed by atoms with Crippen molar-refractivity contribution in [2.24, 2.45) is 0 Å².